The molecule has 1 aliphatic heterocycles. The summed E-state index contributed by atoms with van der Waals surface area (Å²) in [6.45, 7) is 12.3. The molecule has 1 aliphatic rings. The van der Waals surface area contributed by atoms with Crippen molar-refractivity contribution in [2.24, 2.45) is 17.1 Å². The minimum atomic E-state index is -0.428. The van der Waals surface area contributed by atoms with Gasteiger partial charge in [-0.15, -0.1) is 0 Å². The third-order valence-corrected chi connectivity index (χ3v) is 3.95. The lowest BCUT2D eigenvalue weighted by molar-refractivity contribution is 0.0195. The zero-order chi connectivity index (χ0) is 14.7. The number of ether oxygens (including phenoxy) is 1. The molecule has 1 amide bonds. The Kier molecular flexibility index (Phi) is 5.25. The van der Waals surface area contributed by atoms with E-state index in [0.29, 0.717) is 12.5 Å². The number of nitrogens with zero attached hydrogens (tertiary/aromatic N) is 1. The van der Waals surface area contributed by atoms with E-state index < -0.39 is 5.60 Å². The van der Waals surface area contributed by atoms with Crippen molar-refractivity contribution in [2.45, 2.75) is 59.5 Å². The average molecular weight is 270 g/mol. The molecular weight excluding hydrogens is 240 g/mol. The van der Waals surface area contributed by atoms with Crippen LogP contribution in [0.4, 0.5) is 4.79 Å². The summed E-state index contributed by atoms with van der Waals surface area (Å²) >= 11 is 0. The van der Waals surface area contributed by atoms with Gasteiger partial charge in [-0.3, -0.25) is 0 Å². The van der Waals surface area contributed by atoms with Crippen molar-refractivity contribution in [3.63, 3.8) is 0 Å². The summed E-state index contributed by atoms with van der Waals surface area (Å²) in [5, 5.41) is 0. The predicted molar refractivity (Wildman–Crippen MR) is 78.0 cm³/mol. The van der Waals surface area contributed by atoms with Gasteiger partial charge < -0.3 is 15.4 Å². The van der Waals surface area contributed by atoms with Gasteiger partial charge in [0.25, 0.3) is 0 Å². The van der Waals surface area contributed by atoms with Gasteiger partial charge in [-0.05, 0) is 51.5 Å². The maximum Gasteiger partial charge on any atom is 0.410 e. The van der Waals surface area contributed by atoms with Crippen molar-refractivity contribution >= 4 is 6.09 Å². The standard InChI is InChI=1S/C15H30N2O2/c1-14(2,3)19-13(18)17-9-7-6-8-12(10-17)15(4,5)11-16/h12H,6-11,16H2,1-5H3. The van der Waals surface area contributed by atoms with E-state index in [1.807, 2.05) is 25.7 Å². The molecule has 0 aromatic rings. The number of hydrogen-bond donors (Lipinski definition) is 1. The van der Waals surface area contributed by atoms with Gasteiger partial charge in [0.15, 0.2) is 0 Å². The van der Waals surface area contributed by atoms with E-state index in [9.17, 15) is 4.79 Å². The van der Waals surface area contributed by atoms with Gasteiger partial charge in [-0.25, -0.2) is 4.79 Å². The van der Waals surface area contributed by atoms with Crippen molar-refractivity contribution in [2.75, 3.05) is 19.6 Å². The summed E-state index contributed by atoms with van der Waals surface area (Å²) in [5.74, 6) is 0.451. The van der Waals surface area contributed by atoms with E-state index in [1.54, 1.807) is 0 Å². The monoisotopic (exact) mass is 270 g/mol. The second-order valence-electron chi connectivity index (χ2n) is 7.31. The first-order valence-corrected chi connectivity index (χ1v) is 7.34. The number of amides is 1. The maximum absolute atomic E-state index is 12.2. The molecule has 1 heterocycles. The Morgan fingerprint density at radius 1 is 1.26 bits per heavy atom. The highest BCUT2D eigenvalue weighted by Crippen LogP contribution is 2.33. The van der Waals surface area contributed by atoms with E-state index in [2.05, 4.69) is 13.8 Å². The van der Waals surface area contributed by atoms with Crippen LogP contribution < -0.4 is 5.73 Å². The average Bonchev–Trinajstić information content (AvgIpc) is 2.52. The van der Waals surface area contributed by atoms with Crippen LogP contribution in [0.1, 0.15) is 53.9 Å². The number of carbonyl (C=O) groups excluding carboxylic acids is 1. The highest BCUT2D eigenvalue weighted by molar-refractivity contribution is 5.68. The van der Waals surface area contributed by atoms with Crippen LogP contribution in [-0.4, -0.2) is 36.2 Å². The molecule has 0 aliphatic carbocycles. The van der Waals surface area contributed by atoms with E-state index in [4.69, 9.17) is 10.5 Å². The Labute approximate surface area is 117 Å². The molecule has 0 aromatic heterocycles. The Hall–Kier alpha value is -0.770. The Morgan fingerprint density at radius 3 is 2.42 bits per heavy atom. The minimum absolute atomic E-state index is 0.0740. The fraction of sp³-hybridized carbons (Fsp3) is 0.933. The highest BCUT2D eigenvalue weighted by Gasteiger charge is 2.33. The van der Waals surface area contributed by atoms with E-state index >= 15 is 0 Å². The van der Waals surface area contributed by atoms with E-state index in [1.165, 1.54) is 0 Å². The van der Waals surface area contributed by atoms with Gasteiger partial charge in [-0.2, -0.15) is 0 Å². The number of carbonyl (C=O) groups is 1. The molecule has 19 heavy (non-hydrogen) atoms. The first-order valence-electron chi connectivity index (χ1n) is 7.34. The van der Waals surface area contributed by atoms with Crippen molar-refractivity contribution in [1.82, 2.24) is 4.90 Å². The summed E-state index contributed by atoms with van der Waals surface area (Å²) in [5.41, 5.74) is 5.52. The first kappa shape index (κ1) is 16.3. The zero-order valence-electron chi connectivity index (χ0n) is 13.2. The van der Waals surface area contributed by atoms with Gasteiger partial charge >= 0.3 is 6.09 Å². The summed E-state index contributed by atoms with van der Waals surface area (Å²) in [4.78, 5) is 14.1. The molecule has 0 spiro atoms. The van der Waals surface area contributed by atoms with Crippen LogP contribution in [0.15, 0.2) is 0 Å². The second kappa shape index (κ2) is 6.12. The lowest BCUT2D eigenvalue weighted by Crippen LogP contribution is -2.43. The van der Waals surface area contributed by atoms with E-state index in [-0.39, 0.29) is 11.5 Å². The van der Waals surface area contributed by atoms with Crippen molar-refractivity contribution < 1.29 is 9.53 Å². The van der Waals surface area contributed by atoms with E-state index in [0.717, 1.165) is 32.4 Å². The number of rotatable bonds is 2. The summed E-state index contributed by atoms with van der Waals surface area (Å²) in [7, 11) is 0. The smallest absolute Gasteiger partial charge is 0.410 e. The van der Waals surface area contributed by atoms with Gasteiger partial charge in [0.2, 0.25) is 0 Å². The summed E-state index contributed by atoms with van der Waals surface area (Å²) in [6.07, 6.45) is 3.17. The Bertz CT molecular complexity index is 308. The fourth-order valence-corrected chi connectivity index (χ4v) is 2.44. The summed E-state index contributed by atoms with van der Waals surface area (Å²) in [6, 6.07) is 0. The molecule has 0 saturated carbocycles. The molecule has 1 rings (SSSR count). The first-order chi connectivity index (χ1) is 8.65. The van der Waals surface area contributed by atoms with Crippen LogP contribution in [0.5, 0.6) is 0 Å². The minimum Gasteiger partial charge on any atom is -0.444 e. The highest BCUT2D eigenvalue weighted by atomic mass is 16.6. The summed E-state index contributed by atoms with van der Waals surface area (Å²) < 4.78 is 5.48. The van der Waals surface area contributed by atoms with Crippen molar-refractivity contribution in [1.29, 1.82) is 0 Å². The van der Waals surface area contributed by atoms with Crippen LogP contribution in [0.3, 0.4) is 0 Å². The van der Waals surface area contributed by atoms with Gasteiger partial charge in [0.05, 0.1) is 0 Å². The largest absolute Gasteiger partial charge is 0.444 e. The molecule has 4 nitrogen and oxygen atoms in total. The quantitative estimate of drug-likeness (QED) is 0.839. The number of hydrogen-bond acceptors (Lipinski definition) is 3. The third kappa shape index (κ3) is 5.01. The SMILES string of the molecule is CC(C)(C)OC(=O)N1CCCCC(C(C)(C)CN)C1. The molecule has 1 atom stereocenters. The lowest BCUT2D eigenvalue weighted by atomic mass is 9.76. The molecule has 4 heteroatoms. The molecule has 2 N–H and O–H groups in total. The van der Waals surface area contributed by atoms with Crippen LogP contribution in [0.25, 0.3) is 0 Å². The zero-order valence-corrected chi connectivity index (χ0v) is 13.2. The number of likely N-dealkylation sites (tertiary alicyclic amines) is 1. The number of nitrogens with two attached hydrogens (primary N) is 1. The van der Waals surface area contributed by atoms with Gasteiger partial charge in [-0.1, -0.05) is 20.3 Å². The molecule has 1 unspecified atom stereocenters. The molecule has 0 aromatic carbocycles. The van der Waals surface area contributed by atoms with Gasteiger partial charge in [0.1, 0.15) is 5.60 Å². The molecule has 112 valence electrons. The lowest BCUT2D eigenvalue weighted by Gasteiger charge is -2.35. The van der Waals surface area contributed by atoms with Gasteiger partial charge in [0, 0.05) is 13.1 Å². The molecule has 0 bridgehead atoms. The topological polar surface area (TPSA) is 55.6 Å². The van der Waals surface area contributed by atoms with Crippen LogP contribution in [0, 0.1) is 11.3 Å². The molecule has 1 saturated heterocycles. The molecule has 1 fully saturated rings. The van der Waals surface area contributed by atoms with Crippen LogP contribution >= 0.6 is 0 Å². The third-order valence-electron chi connectivity index (χ3n) is 3.95. The van der Waals surface area contributed by atoms with Crippen LogP contribution in [0.2, 0.25) is 0 Å². The van der Waals surface area contributed by atoms with Crippen LogP contribution in [-0.2, 0) is 4.74 Å². The Balaban J connectivity index is 2.71. The maximum atomic E-state index is 12.2. The Morgan fingerprint density at radius 2 is 1.89 bits per heavy atom. The second-order valence-corrected chi connectivity index (χ2v) is 7.31. The van der Waals surface area contributed by atoms with Crippen molar-refractivity contribution in [3.8, 4) is 0 Å². The molecule has 0 radical (unpaired) electrons. The van der Waals surface area contributed by atoms with Crippen molar-refractivity contribution in [3.05, 3.63) is 0 Å². The predicted octanol–water partition coefficient (Wildman–Crippen LogP) is 3.01. The molecular formula is C15H30N2O2. The fourth-order valence-electron chi connectivity index (χ4n) is 2.44. The normalized spacial score (nSPS) is 22.0.